The van der Waals surface area contributed by atoms with E-state index >= 15 is 0 Å². The first kappa shape index (κ1) is 15.6. The number of nitrogens with zero attached hydrogens (tertiary/aromatic N) is 1. The summed E-state index contributed by atoms with van der Waals surface area (Å²) >= 11 is 0. The van der Waals surface area contributed by atoms with Crippen molar-refractivity contribution in [2.75, 3.05) is 7.05 Å². The van der Waals surface area contributed by atoms with Crippen molar-refractivity contribution < 1.29 is 16.8 Å². The fourth-order valence-electron chi connectivity index (χ4n) is 1.55. The van der Waals surface area contributed by atoms with Crippen LogP contribution in [-0.2, 0) is 26.6 Å². The van der Waals surface area contributed by atoms with Crippen LogP contribution in [0.3, 0.4) is 0 Å². The molecule has 0 saturated heterocycles. The first-order valence-electron chi connectivity index (χ1n) is 5.86. The van der Waals surface area contributed by atoms with Gasteiger partial charge in [0.25, 0.3) is 0 Å². The van der Waals surface area contributed by atoms with E-state index in [1.165, 1.54) is 43.8 Å². The molecule has 8 nitrogen and oxygen atoms in total. The maximum absolute atomic E-state index is 12.0. The second-order valence-corrected chi connectivity index (χ2v) is 7.73. The number of hydrogen-bond donors (Lipinski definition) is 3. The highest BCUT2D eigenvalue weighted by molar-refractivity contribution is 7.90. The number of imidazole rings is 1. The second-order valence-electron chi connectivity index (χ2n) is 4.08. The van der Waals surface area contributed by atoms with Gasteiger partial charge >= 0.3 is 0 Å². The summed E-state index contributed by atoms with van der Waals surface area (Å²) in [5.74, 6) is 0. The smallest absolute Gasteiger partial charge is 0.240 e. The highest BCUT2D eigenvalue weighted by Crippen LogP contribution is 2.14. The van der Waals surface area contributed by atoms with E-state index in [-0.39, 0.29) is 16.3 Å². The standard InChI is InChI=1S/C11H14N4O4S2/c1-12-20(16,17)10-2-4-11(5-3-10)21(18,19)15-7-9-6-13-8-14-9/h2-6,8,12,15H,7H2,1H3,(H,13,14). The lowest BCUT2D eigenvalue weighted by atomic mass is 10.4. The third-order valence-electron chi connectivity index (χ3n) is 2.72. The zero-order valence-corrected chi connectivity index (χ0v) is 12.7. The number of nitrogens with one attached hydrogen (secondary N) is 3. The van der Waals surface area contributed by atoms with E-state index in [9.17, 15) is 16.8 Å². The predicted octanol–water partition coefficient (Wildman–Crippen LogP) is -0.204. The van der Waals surface area contributed by atoms with Gasteiger partial charge < -0.3 is 4.98 Å². The van der Waals surface area contributed by atoms with E-state index in [1.54, 1.807) is 0 Å². The Morgan fingerprint density at radius 1 is 1.05 bits per heavy atom. The van der Waals surface area contributed by atoms with Gasteiger partial charge in [0, 0.05) is 11.9 Å². The molecule has 114 valence electrons. The number of aromatic nitrogens is 2. The van der Waals surface area contributed by atoms with Crippen molar-refractivity contribution in [1.82, 2.24) is 19.4 Å². The third-order valence-corrected chi connectivity index (χ3v) is 5.57. The Bertz CT molecular complexity index is 796. The lowest BCUT2D eigenvalue weighted by molar-refractivity contribution is 0.579. The number of H-pyrrole nitrogens is 1. The molecule has 1 aromatic carbocycles. The average Bonchev–Trinajstić information content (AvgIpc) is 2.99. The van der Waals surface area contributed by atoms with Crippen LogP contribution in [0.15, 0.2) is 46.6 Å². The van der Waals surface area contributed by atoms with Gasteiger partial charge in [0.05, 0.1) is 22.7 Å². The minimum Gasteiger partial charge on any atom is -0.347 e. The molecule has 0 radical (unpaired) electrons. The van der Waals surface area contributed by atoms with E-state index in [1.807, 2.05) is 0 Å². The Morgan fingerprint density at radius 3 is 2.10 bits per heavy atom. The summed E-state index contributed by atoms with van der Waals surface area (Å²) in [6.45, 7) is 0.0684. The normalized spacial score (nSPS) is 12.4. The summed E-state index contributed by atoms with van der Waals surface area (Å²) in [5.41, 5.74) is 0.618. The summed E-state index contributed by atoms with van der Waals surface area (Å²) in [5, 5.41) is 0. The highest BCUT2D eigenvalue weighted by atomic mass is 32.2. The van der Waals surface area contributed by atoms with E-state index in [4.69, 9.17) is 0 Å². The molecule has 0 aliphatic heterocycles. The van der Waals surface area contributed by atoms with Crippen LogP contribution < -0.4 is 9.44 Å². The SMILES string of the molecule is CNS(=O)(=O)c1ccc(S(=O)(=O)NCc2cnc[nH]2)cc1. The average molecular weight is 330 g/mol. The molecular weight excluding hydrogens is 316 g/mol. The molecule has 1 heterocycles. The van der Waals surface area contributed by atoms with Gasteiger partial charge in [-0.2, -0.15) is 0 Å². The Hall–Kier alpha value is -1.75. The molecule has 0 aliphatic rings. The van der Waals surface area contributed by atoms with Crippen LogP contribution >= 0.6 is 0 Å². The molecule has 0 unspecified atom stereocenters. The van der Waals surface area contributed by atoms with Crippen LogP contribution in [0, 0.1) is 0 Å². The van der Waals surface area contributed by atoms with Crippen molar-refractivity contribution in [3.63, 3.8) is 0 Å². The van der Waals surface area contributed by atoms with Crippen LogP contribution in [0.1, 0.15) is 5.69 Å². The number of rotatable bonds is 6. The van der Waals surface area contributed by atoms with E-state index in [0.717, 1.165) is 0 Å². The van der Waals surface area contributed by atoms with Gasteiger partial charge in [-0.05, 0) is 31.3 Å². The first-order chi connectivity index (χ1) is 9.85. The van der Waals surface area contributed by atoms with Crippen molar-refractivity contribution >= 4 is 20.0 Å². The lowest BCUT2D eigenvalue weighted by Gasteiger charge is -2.07. The van der Waals surface area contributed by atoms with E-state index in [0.29, 0.717) is 5.69 Å². The number of aromatic amines is 1. The zero-order valence-electron chi connectivity index (χ0n) is 11.1. The fraction of sp³-hybridized carbons (Fsp3) is 0.182. The molecule has 0 atom stereocenters. The maximum atomic E-state index is 12.0. The highest BCUT2D eigenvalue weighted by Gasteiger charge is 2.16. The number of benzene rings is 1. The van der Waals surface area contributed by atoms with Crippen molar-refractivity contribution in [1.29, 1.82) is 0 Å². The maximum Gasteiger partial charge on any atom is 0.240 e. The van der Waals surface area contributed by atoms with Gasteiger partial charge in [-0.25, -0.2) is 31.3 Å². The Balaban J connectivity index is 2.17. The fourth-order valence-corrected chi connectivity index (χ4v) is 3.29. The molecule has 21 heavy (non-hydrogen) atoms. The Morgan fingerprint density at radius 2 is 1.62 bits per heavy atom. The molecule has 0 aliphatic carbocycles. The third kappa shape index (κ3) is 3.67. The Labute approximate surface area is 122 Å². The summed E-state index contributed by atoms with van der Waals surface area (Å²) in [7, 11) is -6.02. The molecule has 10 heteroatoms. The minimum absolute atomic E-state index is 0.00230. The molecule has 2 aromatic rings. The summed E-state index contributed by atoms with van der Waals surface area (Å²) in [6.07, 6.45) is 2.95. The monoisotopic (exact) mass is 330 g/mol. The zero-order chi connectivity index (χ0) is 15.5. The van der Waals surface area contributed by atoms with Gasteiger partial charge in [-0.15, -0.1) is 0 Å². The molecule has 0 saturated carbocycles. The quantitative estimate of drug-likeness (QED) is 0.677. The van der Waals surface area contributed by atoms with Crippen LogP contribution in [-0.4, -0.2) is 33.9 Å². The molecule has 0 bridgehead atoms. The number of sulfonamides is 2. The van der Waals surface area contributed by atoms with Crippen molar-refractivity contribution in [3.05, 3.63) is 42.5 Å². The van der Waals surface area contributed by atoms with E-state index in [2.05, 4.69) is 19.4 Å². The second kappa shape index (κ2) is 5.93. The van der Waals surface area contributed by atoms with Gasteiger partial charge in [-0.3, -0.25) is 0 Å². The van der Waals surface area contributed by atoms with E-state index < -0.39 is 20.0 Å². The van der Waals surface area contributed by atoms with Gasteiger partial charge in [0.1, 0.15) is 0 Å². The molecule has 1 aromatic heterocycles. The predicted molar refractivity (Wildman–Crippen MR) is 75.3 cm³/mol. The van der Waals surface area contributed by atoms with Crippen LogP contribution in [0.25, 0.3) is 0 Å². The summed E-state index contributed by atoms with van der Waals surface area (Å²) in [4.78, 5) is 6.53. The molecule has 2 rings (SSSR count). The molecule has 3 N–H and O–H groups in total. The largest absolute Gasteiger partial charge is 0.347 e. The summed E-state index contributed by atoms with van der Waals surface area (Å²) < 4.78 is 51.7. The topological polar surface area (TPSA) is 121 Å². The van der Waals surface area contributed by atoms with Gasteiger partial charge in [0.15, 0.2) is 0 Å². The number of hydrogen-bond acceptors (Lipinski definition) is 5. The van der Waals surface area contributed by atoms with Crippen molar-refractivity contribution in [2.45, 2.75) is 16.3 Å². The lowest BCUT2D eigenvalue weighted by Crippen LogP contribution is -2.23. The van der Waals surface area contributed by atoms with Crippen molar-refractivity contribution in [3.8, 4) is 0 Å². The first-order valence-corrected chi connectivity index (χ1v) is 8.82. The van der Waals surface area contributed by atoms with Gasteiger partial charge in [0.2, 0.25) is 20.0 Å². The minimum atomic E-state index is -3.72. The summed E-state index contributed by atoms with van der Waals surface area (Å²) in [6, 6.07) is 4.94. The van der Waals surface area contributed by atoms with Gasteiger partial charge in [-0.1, -0.05) is 0 Å². The van der Waals surface area contributed by atoms with Crippen LogP contribution in [0.4, 0.5) is 0 Å². The van der Waals surface area contributed by atoms with Crippen LogP contribution in [0.2, 0.25) is 0 Å². The Kier molecular flexibility index (Phi) is 4.42. The molecule has 0 spiro atoms. The molecule has 0 amide bonds. The van der Waals surface area contributed by atoms with Crippen LogP contribution in [0.5, 0.6) is 0 Å². The molecular formula is C11H14N4O4S2. The van der Waals surface area contributed by atoms with Crippen molar-refractivity contribution in [2.24, 2.45) is 0 Å². The molecule has 0 fully saturated rings.